The number of aryl methyl sites for hydroxylation is 2. The number of rotatable bonds is 8. The molecule has 0 aliphatic carbocycles. The number of hydrogen-bond donors (Lipinski definition) is 2. The molecule has 0 atom stereocenters. The first kappa shape index (κ1) is 14.8. The van der Waals surface area contributed by atoms with E-state index in [1.807, 2.05) is 6.20 Å². The average molecular weight is 272 g/mol. The van der Waals surface area contributed by atoms with Crippen LogP contribution in [-0.2, 0) is 19.4 Å². The number of aromatic nitrogens is 2. The summed E-state index contributed by atoms with van der Waals surface area (Å²) in [5.74, 6) is 0. The third-order valence-electron chi connectivity index (χ3n) is 3.49. The summed E-state index contributed by atoms with van der Waals surface area (Å²) in [4.78, 5) is 2.23. The van der Waals surface area contributed by atoms with Crippen LogP contribution in [0.4, 0.5) is 0 Å². The van der Waals surface area contributed by atoms with Crippen molar-refractivity contribution in [3.63, 3.8) is 0 Å². The molecule has 20 heavy (non-hydrogen) atoms. The van der Waals surface area contributed by atoms with Crippen molar-refractivity contribution in [3.8, 4) is 0 Å². The van der Waals surface area contributed by atoms with Crippen LogP contribution in [0.1, 0.15) is 23.2 Å². The van der Waals surface area contributed by atoms with Crippen molar-refractivity contribution in [3.05, 3.63) is 53.3 Å². The predicted molar refractivity (Wildman–Crippen MR) is 82.4 cm³/mol. The maximum Gasteiger partial charge on any atom is 0.0535 e. The first-order chi connectivity index (χ1) is 9.79. The lowest BCUT2D eigenvalue weighted by atomic mass is 10.1. The Kier molecular flexibility index (Phi) is 5.77. The highest BCUT2D eigenvalue weighted by atomic mass is 15.1. The molecule has 0 unspecified atom stereocenters. The summed E-state index contributed by atoms with van der Waals surface area (Å²) in [6.45, 7) is 2.51. The summed E-state index contributed by atoms with van der Waals surface area (Å²) in [5, 5.41) is 7.31. The van der Waals surface area contributed by atoms with Gasteiger partial charge in [0.05, 0.1) is 6.20 Å². The summed E-state index contributed by atoms with van der Waals surface area (Å²) in [6, 6.07) is 10.6. The fraction of sp³-hybridized carbons (Fsp3) is 0.438. The molecule has 0 radical (unpaired) electrons. The van der Waals surface area contributed by atoms with Crippen LogP contribution in [0.15, 0.2) is 36.5 Å². The van der Waals surface area contributed by atoms with E-state index in [4.69, 9.17) is 5.73 Å². The molecule has 3 N–H and O–H groups in total. The largest absolute Gasteiger partial charge is 0.329 e. The van der Waals surface area contributed by atoms with E-state index in [1.165, 1.54) is 16.8 Å². The Morgan fingerprint density at radius 3 is 2.75 bits per heavy atom. The van der Waals surface area contributed by atoms with E-state index in [9.17, 15) is 0 Å². The molecule has 0 saturated carbocycles. The molecule has 2 rings (SSSR count). The second kappa shape index (κ2) is 7.82. The van der Waals surface area contributed by atoms with E-state index in [0.29, 0.717) is 6.54 Å². The molecule has 4 nitrogen and oxygen atoms in total. The van der Waals surface area contributed by atoms with Crippen LogP contribution in [0.2, 0.25) is 0 Å². The third-order valence-corrected chi connectivity index (χ3v) is 3.49. The second-order valence-corrected chi connectivity index (χ2v) is 5.24. The summed E-state index contributed by atoms with van der Waals surface area (Å²) in [7, 11) is 2.09. The van der Waals surface area contributed by atoms with Crippen molar-refractivity contribution in [1.82, 2.24) is 15.1 Å². The van der Waals surface area contributed by atoms with Gasteiger partial charge in [0.2, 0.25) is 0 Å². The Morgan fingerprint density at radius 1 is 1.20 bits per heavy atom. The third kappa shape index (κ3) is 4.47. The number of nitrogens with one attached hydrogen (secondary N) is 1. The van der Waals surface area contributed by atoms with E-state index in [-0.39, 0.29) is 0 Å². The van der Waals surface area contributed by atoms with Gasteiger partial charge in [-0.25, -0.2) is 0 Å². The molecular formula is C16H24N4. The van der Waals surface area contributed by atoms with Crippen LogP contribution in [-0.4, -0.2) is 35.2 Å². The lowest BCUT2D eigenvalue weighted by Gasteiger charge is -2.15. The highest BCUT2D eigenvalue weighted by molar-refractivity contribution is 5.18. The van der Waals surface area contributed by atoms with Crippen molar-refractivity contribution < 1.29 is 0 Å². The maximum atomic E-state index is 5.58. The Labute approximate surface area is 121 Å². The quantitative estimate of drug-likeness (QED) is 0.772. The standard InChI is InChI=1S/C16H24N4/c1-20(11-10-17)13-15-12-18-19-16(15)9-5-8-14-6-3-2-4-7-14/h2-4,6-7,12H,5,8-11,13,17H2,1H3,(H,18,19). The lowest BCUT2D eigenvalue weighted by molar-refractivity contribution is 0.335. The number of H-pyrrole nitrogens is 1. The van der Waals surface area contributed by atoms with Crippen LogP contribution in [0, 0.1) is 0 Å². The zero-order valence-electron chi connectivity index (χ0n) is 12.2. The molecule has 0 aliphatic rings. The van der Waals surface area contributed by atoms with Gasteiger partial charge in [0.15, 0.2) is 0 Å². The van der Waals surface area contributed by atoms with Gasteiger partial charge in [-0.15, -0.1) is 0 Å². The monoisotopic (exact) mass is 272 g/mol. The SMILES string of the molecule is CN(CCN)Cc1cn[nH]c1CCCc1ccccc1. The van der Waals surface area contributed by atoms with E-state index in [0.717, 1.165) is 32.4 Å². The fourth-order valence-corrected chi connectivity index (χ4v) is 2.39. The maximum absolute atomic E-state index is 5.58. The molecule has 1 aromatic carbocycles. The normalized spacial score (nSPS) is 11.2. The topological polar surface area (TPSA) is 57.9 Å². The first-order valence-corrected chi connectivity index (χ1v) is 7.23. The zero-order valence-corrected chi connectivity index (χ0v) is 12.2. The number of nitrogens with two attached hydrogens (primary N) is 1. The minimum atomic E-state index is 0.692. The molecule has 0 fully saturated rings. The van der Waals surface area contributed by atoms with Crippen molar-refractivity contribution in [1.29, 1.82) is 0 Å². The van der Waals surface area contributed by atoms with Crippen LogP contribution in [0.25, 0.3) is 0 Å². The zero-order chi connectivity index (χ0) is 14.2. The van der Waals surface area contributed by atoms with Gasteiger partial charge in [0.1, 0.15) is 0 Å². The van der Waals surface area contributed by atoms with Crippen molar-refractivity contribution >= 4 is 0 Å². The van der Waals surface area contributed by atoms with Gasteiger partial charge in [-0.05, 0) is 31.9 Å². The van der Waals surface area contributed by atoms with E-state index >= 15 is 0 Å². The molecule has 0 aliphatic heterocycles. The Hall–Kier alpha value is -1.65. The van der Waals surface area contributed by atoms with Gasteiger partial charge in [-0.1, -0.05) is 30.3 Å². The Bertz CT molecular complexity index is 492. The summed E-state index contributed by atoms with van der Waals surface area (Å²) < 4.78 is 0. The Morgan fingerprint density at radius 2 is 2.00 bits per heavy atom. The van der Waals surface area contributed by atoms with E-state index < -0.39 is 0 Å². The van der Waals surface area contributed by atoms with Crippen LogP contribution in [0.5, 0.6) is 0 Å². The van der Waals surface area contributed by atoms with Gasteiger partial charge in [-0.3, -0.25) is 5.10 Å². The van der Waals surface area contributed by atoms with Crippen molar-refractivity contribution in [2.75, 3.05) is 20.1 Å². The first-order valence-electron chi connectivity index (χ1n) is 7.23. The number of likely N-dealkylation sites (N-methyl/N-ethyl adjacent to an activating group) is 1. The number of benzene rings is 1. The summed E-state index contributed by atoms with van der Waals surface area (Å²) >= 11 is 0. The van der Waals surface area contributed by atoms with Gasteiger partial charge in [-0.2, -0.15) is 5.10 Å². The number of aromatic amines is 1. The van der Waals surface area contributed by atoms with Crippen LogP contribution >= 0.6 is 0 Å². The van der Waals surface area contributed by atoms with Gasteiger partial charge >= 0.3 is 0 Å². The second-order valence-electron chi connectivity index (χ2n) is 5.24. The molecule has 0 bridgehead atoms. The molecule has 0 spiro atoms. The smallest absolute Gasteiger partial charge is 0.0535 e. The molecule has 108 valence electrons. The summed E-state index contributed by atoms with van der Waals surface area (Å²) in [5.41, 5.74) is 9.51. The molecule has 4 heteroatoms. The fourth-order valence-electron chi connectivity index (χ4n) is 2.39. The molecular weight excluding hydrogens is 248 g/mol. The van der Waals surface area contributed by atoms with Crippen molar-refractivity contribution in [2.24, 2.45) is 5.73 Å². The molecule has 0 amide bonds. The average Bonchev–Trinajstić information content (AvgIpc) is 2.88. The molecule has 2 aromatic rings. The molecule has 1 heterocycles. The van der Waals surface area contributed by atoms with Crippen LogP contribution < -0.4 is 5.73 Å². The summed E-state index contributed by atoms with van der Waals surface area (Å²) in [6.07, 6.45) is 5.23. The van der Waals surface area contributed by atoms with Crippen molar-refractivity contribution in [2.45, 2.75) is 25.8 Å². The van der Waals surface area contributed by atoms with Crippen LogP contribution in [0.3, 0.4) is 0 Å². The minimum absolute atomic E-state index is 0.692. The molecule has 1 aromatic heterocycles. The molecule has 0 saturated heterocycles. The Balaban J connectivity index is 1.83. The number of nitrogens with zero attached hydrogens (tertiary/aromatic N) is 2. The van der Waals surface area contributed by atoms with Gasteiger partial charge < -0.3 is 10.6 Å². The predicted octanol–water partition coefficient (Wildman–Crippen LogP) is 1.98. The van der Waals surface area contributed by atoms with Gasteiger partial charge in [0, 0.05) is 30.9 Å². The lowest BCUT2D eigenvalue weighted by Crippen LogP contribution is -2.25. The highest BCUT2D eigenvalue weighted by Gasteiger charge is 2.07. The highest BCUT2D eigenvalue weighted by Crippen LogP contribution is 2.12. The number of hydrogen-bond acceptors (Lipinski definition) is 3. The van der Waals surface area contributed by atoms with E-state index in [1.54, 1.807) is 0 Å². The van der Waals surface area contributed by atoms with Gasteiger partial charge in [0.25, 0.3) is 0 Å². The van der Waals surface area contributed by atoms with E-state index in [2.05, 4.69) is 52.5 Å². The minimum Gasteiger partial charge on any atom is -0.329 e.